The number of esters is 1. The van der Waals surface area contributed by atoms with Crippen LogP contribution in [0.4, 0.5) is 0 Å². The summed E-state index contributed by atoms with van der Waals surface area (Å²) in [5.41, 5.74) is 1.17. The molecule has 4 nitrogen and oxygen atoms in total. The highest BCUT2D eigenvalue weighted by molar-refractivity contribution is 6.36. The van der Waals surface area contributed by atoms with Crippen molar-refractivity contribution >= 4 is 35.1 Å². The molecule has 126 valence electrons. The smallest absolute Gasteiger partial charge is 0.340 e. The molecule has 0 saturated heterocycles. The summed E-state index contributed by atoms with van der Waals surface area (Å²) in [6, 6.07) is 14.0. The summed E-state index contributed by atoms with van der Waals surface area (Å²) < 4.78 is 5.22. The van der Waals surface area contributed by atoms with E-state index in [1.807, 2.05) is 30.3 Å². The monoisotopic (exact) mass is 365 g/mol. The van der Waals surface area contributed by atoms with E-state index in [-0.39, 0.29) is 16.5 Å². The fourth-order valence-corrected chi connectivity index (χ4v) is 2.66. The van der Waals surface area contributed by atoms with Gasteiger partial charge in [0.25, 0.3) is 5.91 Å². The molecule has 0 N–H and O–H groups in total. The number of carbonyl (C=O) groups is 2. The molecule has 0 aliphatic heterocycles. The average Bonchev–Trinajstić information content (AvgIpc) is 2.54. The summed E-state index contributed by atoms with van der Waals surface area (Å²) >= 11 is 11.8. The second kappa shape index (κ2) is 8.18. The van der Waals surface area contributed by atoms with Crippen LogP contribution >= 0.6 is 23.2 Å². The Bertz CT molecular complexity index is 734. The van der Waals surface area contributed by atoms with Crippen LogP contribution in [-0.4, -0.2) is 29.9 Å². The van der Waals surface area contributed by atoms with Crippen molar-refractivity contribution in [2.24, 2.45) is 0 Å². The SMILES string of the molecule is CC(OC(=O)c1ccc(Cl)cc1Cl)C(=O)N(C)Cc1ccccc1. The largest absolute Gasteiger partial charge is 0.449 e. The van der Waals surface area contributed by atoms with Crippen LogP contribution in [-0.2, 0) is 16.1 Å². The number of ether oxygens (including phenoxy) is 1. The first-order valence-corrected chi connectivity index (χ1v) is 8.09. The Labute approximate surface area is 150 Å². The average molecular weight is 366 g/mol. The molecular weight excluding hydrogens is 349 g/mol. The second-order valence-corrected chi connectivity index (χ2v) is 6.20. The third-order valence-electron chi connectivity index (χ3n) is 3.42. The van der Waals surface area contributed by atoms with Crippen LogP contribution < -0.4 is 0 Å². The topological polar surface area (TPSA) is 46.6 Å². The van der Waals surface area contributed by atoms with Gasteiger partial charge in [-0.2, -0.15) is 0 Å². The van der Waals surface area contributed by atoms with Crippen molar-refractivity contribution in [3.63, 3.8) is 0 Å². The minimum atomic E-state index is -0.919. The van der Waals surface area contributed by atoms with Crippen LogP contribution in [0.5, 0.6) is 0 Å². The normalized spacial score (nSPS) is 11.7. The predicted octanol–water partition coefficient (Wildman–Crippen LogP) is 4.20. The fourth-order valence-electron chi connectivity index (χ4n) is 2.18. The molecule has 1 unspecified atom stereocenters. The molecule has 0 spiro atoms. The van der Waals surface area contributed by atoms with Gasteiger partial charge in [-0.05, 0) is 30.7 Å². The van der Waals surface area contributed by atoms with Gasteiger partial charge < -0.3 is 9.64 Å². The van der Waals surface area contributed by atoms with Gasteiger partial charge in [0.15, 0.2) is 6.10 Å². The third kappa shape index (κ3) is 4.73. The maximum Gasteiger partial charge on any atom is 0.340 e. The highest BCUT2D eigenvalue weighted by Crippen LogP contribution is 2.22. The molecule has 0 aliphatic rings. The van der Waals surface area contributed by atoms with E-state index >= 15 is 0 Å². The molecule has 1 amide bonds. The Hall–Kier alpha value is -2.04. The molecule has 0 aromatic heterocycles. The highest BCUT2D eigenvalue weighted by atomic mass is 35.5. The Morgan fingerprint density at radius 2 is 1.79 bits per heavy atom. The van der Waals surface area contributed by atoms with Crippen molar-refractivity contribution in [2.75, 3.05) is 7.05 Å². The molecule has 0 saturated carbocycles. The Kier molecular flexibility index (Phi) is 6.23. The second-order valence-electron chi connectivity index (χ2n) is 5.35. The number of nitrogens with zero attached hydrogens (tertiary/aromatic N) is 1. The molecule has 2 aromatic rings. The van der Waals surface area contributed by atoms with Crippen molar-refractivity contribution in [3.8, 4) is 0 Å². The highest BCUT2D eigenvalue weighted by Gasteiger charge is 2.23. The lowest BCUT2D eigenvalue weighted by atomic mass is 10.2. The number of halogens is 2. The molecule has 0 fully saturated rings. The van der Waals surface area contributed by atoms with Gasteiger partial charge >= 0.3 is 5.97 Å². The van der Waals surface area contributed by atoms with Crippen LogP contribution in [0, 0.1) is 0 Å². The molecule has 0 radical (unpaired) electrons. The summed E-state index contributed by atoms with van der Waals surface area (Å²) in [5, 5.41) is 0.605. The van der Waals surface area contributed by atoms with Gasteiger partial charge in [0, 0.05) is 18.6 Å². The van der Waals surface area contributed by atoms with Gasteiger partial charge in [-0.3, -0.25) is 4.79 Å². The maximum absolute atomic E-state index is 12.3. The number of benzene rings is 2. The first kappa shape index (κ1) is 18.3. The minimum Gasteiger partial charge on any atom is -0.449 e. The van der Waals surface area contributed by atoms with Crippen LogP contribution in [0.15, 0.2) is 48.5 Å². The van der Waals surface area contributed by atoms with E-state index in [9.17, 15) is 9.59 Å². The van der Waals surface area contributed by atoms with E-state index in [0.717, 1.165) is 5.56 Å². The summed E-state index contributed by atoms with van der Waals surface area (Å²) in [4.78, 5) is 26.0. The van der Waals surface area contributed by atoms with E-state index in [1.54, 1.807) is 7.05 Å². The standard InChI is InChI=1S/C18H17Cl2NO3/c1-12(17(22)21(2)11-13-6-4-3-5-7-13)24-18(23)15-9-8-14(19)10-16(15)20/h3-10,12H,11H2,1-2H3. The lowest BCUT2D eigenvalue weighted by molar-refractivity contribution is -0.139. The van der Waals surface area contributed by atoms with Crippen molar-refractivity contribution in [1.82, 2.24) is 4.90 Å². The zero-order chi connectivity index (χ0) is 17.7. The fraction of sp³-hybridized carbons (Fsp3) is 0.222. The van der Waals surface area contributed by atoms with Crippen LogP contribution in [0.25, 0.3) is 0 Å². The van der Waals surface area contributed by atoms with Crippen molar-refractivity contribution in [2.45, 2.75) is 19.6 Å². The van der Waals surface area contributed by atoms with Crippen molar-refractivity contribution < 1.29 is 14.3 Å². The molecule has 0 aliphatic carbocycles. The van der Waals surface area contributed by atoms with Crippen LogP contribution in [0.3, 0.4) is 0 Å². The molecular formula is C18H17Cl2NO3. The summed E-state index contributed by atoms with van der Waals surface area (Å²) in [7, 11) is 1.66. The molecule has 2 rings (SSSR count). The summed E-state index contributed by atoms with van der Waals surface area (Å²) in [5.74, 6) is -0.956. The molecule has 0 heterocycles. The van der Waals surface area contributed by atoms with E-state index in [2.05, 4.69) is 0 Å². The summed E-state index contributed by atoms with van der Waals surface area (Å²) in [6.07, 6.45) is -0.919. The van der Waals surface area contributed by atoms with E-state index < -0.39 is 12.1 Å². The Morgan fingerprint density at radius 3 is 2.42 bits per heavy atom. The van der Waals surface area contributed by atoms with Gasteiger partial charge in [0.2, 0.25) is 0 Å². The quantitative estimate of drug-likeness (QED) is 0.746. The predicted molar refractivity (Wildman–Crippen MR) is 94.3 cm³/mol. The molecule has 24 heavy (non-hydrogen) atoms. The van der Waals surface area contributed by atoms with Gasteiger partial charge in [0.1, 0.15) is 0 Å². The van der Waals surface area contributed by atoms with E-state index in [0.29, 0.717) is 11.6 Å². The van der Waals surface area contributed by atoms with Crippen LogP contribution in [0.1, 0.15) is 22.8 Å². The van der Waals surface area contributed by atoms with Gasteiger partial charge in [-0.25, -0.2) is 4.79 Å². The van der Waals surface area contributed by atoms with E-state index in [4.69, 9.17) is 27.9 Å². The zero-order valence-corrected chi connectivity index (χ0v) is 14.8. The maximum atomic E-state index is 12.3. The number of rotatable bonds is 5. The third-order valence-corrected chi connectivity index (χ3v) is 3.97. The zero-order valence-electron chi connectivity index (χ0n) is 13.3. The first-order valence-electron chi connectivity index (χ1n) is 7.33. The minimum absolute atomic E-state index is 0.173. The number of amides is 1. The lowest BCUT2D eigenvalue weighted by Gasteiger charge is -2.21. The molecule has 6 heteroatoms. The number of hydrogen-bond acceptors (Lipinski definition) is 3. The molecule has 0 bridgehead atoms. The van der Waals surface area contributed by atoms with Gasteiger partial charge in [-0.1, -0.05) is 53.5 Å². The van der Waals surface area contributed by atoms with Crippen molar-refractivity contribution in [1.29, 1.82) is 0 Å². The van der Waals surface area contributed by atoms with Gasteiger partial charge in [0.05, 0.1) is 10.6 Å². The van der Waals surface area contributed by atoms with Crippen LogP contribution in [0.2, 0.25) is 10.0 Å². The summed E-state index contributed by atoms with van der Waals surface area (Å²) in [6.45, 7) is 1.97. The van der Waals surface area contributed by atoms with E-state index in [1.165, 1.54) is 30.0 Å². The van der Waals surface area contributed by atoms with Gasteiger partial charge in [-0.15, -0.1) is 0 Å². The molecule has 2 aromatic carbocycles. The first-order chi connectivity index (χ1) is 11.4. The number of carbonyl (C=O) groups excluding carboxylic acids is 2. The van der Waals surface area contributed by atoms with Crippen molar-refractivity contribution in [3.05, 3.63) is 69.7 Å². The number of hydrogen-bond donors (Lipinski definition) is 0. The number of likely N-dealkylation sites (N-methyl/N-ethyl adjacent to an activating group) is 1. The molecule has 1 atom stereocenters. The lowest BCUT2D eigenvalue weighted by Crippen LogP contribution is -2.37. The Balaban J connectivity index is 1.99. The Morgan fingerprint density at radius 1 is 1.12 bits per heavy atom.